The zero-order valence-corrected chi connectivity index (χ0v) is 17.2. The largest absolute Gasteiger partial charge is 0.457 e. The number of amides is 1. The maximum Gasteiger partial charge on any atom is 0.261 e. The van der Waals surface area contributed by atoms with Gasteiger partial charge in [0.05, 0.1) is 15.8 Å². The highest BCUT2D eigenvalue weighted by molar-refractivity contribution is 7.22. The van der Waals surface area contributed by atoms with Crippen LogP contribution in [-0.2, 0) is 0 Å². The zero-order valence-electron chi connectivity index (χ0n) is 15.6. The van der Waals surface area contributed by atoms with E-state index < -0.39 is 0 Å². The summed E-state index contributed by atoms with van der Waals surface area (Å²) in [7, 11) is 0. The van der Waals surface area contributed by atoms with Crippen molar-refractivity contribution in [3.8, 4) is 22.2 Å². The van der Waals surface area contributed by atoms with Crippen molar-refractivity contribution in [2.24, 2.45) is 0 Å². The molecule has 0 aliphatic heterocycles. The van der Waals surface area contributed by atoms with Crippen LogP contribution in [-0.4, -0.2) is 15.9 Å². The number of nitrogens with one attached hydrogen (secondary N) is 1. The van der Waals surface area contributed by atoms with Crippen molar-refractivity contribution in [2.45, 2.75) is 0 Å². The Labute approximate surface area is 180 Å². The number of carbonyl (C=O) groups excluding carboxylic acids is 1. The molecule has 0 aliphatic carbocycles. The van der Waals surface area contributed by atoms with Crippen LogP contribution in [0.3, 0.4) is 0 Å². The number of benzene rings is 3. The van der Waals surface area contributed by atoms with E-state index in [1.165, 1.54) is 11.3 Å². The number of carbonyl (C=O) groups is 1. The summed E-state index contributed by atoms with van der Waals surface area (Å²) < 4.78 is 7.00. The molecular weight excluding hydrogens is 414 g/mol. The molecule has 2 aromatic heterocycles. The minimum atomic E-state index is -0.272. The first-order chi connectivity index (χ1) is 14.8. The summed E-state index contributed by atoms with van der Waals surface area (Å²) in [6.45, 7) is 0. The molecule has 1 amide bonds. The highest BCUT2D eigenvalue weighted by Gasteiger charge is 2.16. The summed E-state index contributed by atoms with van der Waals surface area (Å²) in [5.41, 5.74) is 2.14. The Morgan fingerprint density at radius 3 is 2.50 bits per heavy atom. The van der Waals surface area contributed by atoms with Crippen molar-refractivity contribution in [1.82, 2.24) is 9.97 Å². The van der Waals surface area contributed by atoms with E-state index in [4.69, 9.17) is 4.74 Å². The average molecular weight is 430 g/mol. The zero-order chi connectivity index (χ0) is 20.3. The fraction of sp³-hybridized carbons (Fsp3) is 0. The van der Waals surface area contributed by atoms with E-state index in [2.05, 4.69) is 15.3 Å². The van der Waals surface area contributed by atoms with E-state index in [1.807, 2.05) is 66.0 Å². The fourth-order valence-corrected chi connectivity index (χ4v) is 4.63. The lowest BCUT2D eigenvalue weighted by Gasteiger charge is -2.10. The van der Waals surface area contributed by atoms with Crippen LogP contribution in [0.5, 0.6) is 11.5 Å². The Bertz CT molecular complexity index is 1300. The third kappa shape index (κ3) is 3.80. The van der Waals surface area contributed by atoms with Gasteiger partial charge >= 0.3 is 0 Å². The van der Waals surface area contributed by atoms with E-state index in [0.717, 1.165) is 20.9 Å². The Hall–Kier alpha value is -3.55. The fourth-order valence-electron chi connectivity index (χ4n) is 2.93. The molecule has 5 aromatic rings. The second kappa shape index (κ2) is 8.06. The van der Waals surface area contributed by atoms with Gasteiger partial charge in [0.1, 0.15) is 22.2 Å². The maximum absolute atomic E-state index is 12.9. The lowest BCUT2D eigenvalue weighted by molar-refractivity contribution is 0.102. The topological polar surface area (TPSA) is 64.1 Å². The van der Waals surface area contributed by atoms with E-state index in [-0.39, 0.29) is 5.91 Å². The van der Waals surface area contributed by atoms with Crippen LogP contribution in [0.4, 0.5) is 5.13 Å². The SMILES string of the molecule is O=C(Nc1nc(-c2nc3ccccc3s2)cs1)c1ccccc1Oc1ccccc1. The van der Waals surface area contributed by atoms with Crippen LogP contribution in [0.25, 0.3) is 20.9 Å². The summed E-state index contributed by atoms with van der Waals surface area (Å²) in [5.74, 6) is 0.890. The second-order valence-corrected chi connectivity index (χ2v) is 8.28. The van der Waals surface area contributed by atoms with Gasteiger partial charge in [-0.15, -0.1) is 22.7 Å². The van der Waals surface area contributed by atoms with Gasteiger partial charge < -0.3 is 4.74 Å². The molecule has 0 unspecified atom stereocenters. The molecule has 0 atom stereocenters. The van der Waals surface area contributed by atoms with Gasteiger partial charge in [0.2, 0.25) is 0 Å². The first kappa shape index (κ1) is 18.5. The molecule has 2 heterocycles. The molecule has 0 spiro atoms. The number of para-hydroxylation sites is 3. The molecule has 3 aromatic carbocycles. The van der Waals surface area contributed by atoms with Crippen LogP contribution < -0.4 is 10.1 Å². The number of hydrogen-bond donors (Lipinski definition) is 1. The standard InChI is InChI=1S/C23H15N3O2S2/c27-21(16-10-4-6-12-19(16)28-15-8-2-1-3-9-15)26-23-25-18(14-29-23)22-24-17-11-5-7-13-20(17)30-22/h1-14H,(H,25,26,27). The summed E-state index contributed by atoms with van der Waals surface area (Å²) >= 11 is 2.95. The Morgan fingerprint density at radius 1 is 0.867 bits per heavy atom. The summed E-state index contributed by atoms with van der Waals surface area (Å²) in [6.07, 6.45) is 0. The van der Waals surface area contributed by atoms with Crippen molar-refractivity contribution >= 4 is 43.9 Å². The molecule has 7 heteroatoms. The molecule has 5 nitrogen and oxygen atoms in total. The minimum Gasteiger partial charge on any atom is -0.457 e. The number of ether oxygens (including phenoxy) is 1. The normalized spacial score (nSPS) is 10.8. The van der Waals surface area contributed by atoms with Crippen molar-refractivity contribution < 1.29 is 9.53 Å². The van der Waals surface area contributed by atoms with Crippen molar-refractivity contribution in [3.05, 3.63) is 89.8 Å². The van der Waals surface area contributed by atoms with Gasteiger partial charge in [0, 0.05) is 5.38 Å². The molecule has 0 aliphatic rings. The first-order valence-corrected chi connectivity index (χ1v) is 10.9. The van der Waals surface area contributed by atoms with Gasteiger partial charge in [-0.3, -0.25) is 10.1 Å². The number of hydrogen-bond acceptors (Lipinski definition) is 6. The van der Waals surface area contributed by atoms with Crippen molar-refractivity contribution in [1.29, 1.82) is 0 Å². The van der Waals surface area contributed by atoms with E-state index >= 15 is 0 Å². The molecule has 0 saturated carbocycles. The van der Waals surface area contributed by atoms with E-state index in [0.29, 0.717) is 22.2 Å². The molecular formula is C23H15N3O2S2. The number of aromatic nitrogens is 2. The lowest BCUT2D eigenvalue weighted by Crippen LogP contribution is -2.12. The number of thiazole rings is 2. The van der Waals surface area contributed by atoms with Gasteiger partial charge in [0.15, 0.2) is 5.13 Å². The van der Waals surface area contributed by atoms with Crippen LogP contribution in [0.15, 0.2) is 84.2 Å². The van der Waals surface area contributed by atoms with Gasteiger partial charge in [-0.2, -0.15) is 0 Å². The number of rotatable bonds is 5. The first-order valence-electron chi connectivity index (χ1n) is 9.21. The number of fused-ring (bicyclic) bond motifs is 1. The number of anilines is 1. The van der Waals surface area contributed by atoms with Crippen LogP contribution in [0.1, 0.15) is 10.4 Å². The third-order valence-electron chi connectivity index (χ3n) is 4.34. The van der Waals surface area contributed by atoms with Gasteiger partial charge in [-0.05, 0) is 36.4 Å². The Morgan fingerprint density at radius 2 is 1.63 bits per heavy atom. The van der Waals surface area contributed by atoms with E-state index in [9.17, 15) is 4.79 Å². The van der Waals surface area contributed by atoms with Gasteiger partial charge in [-0.1, -0.05) is 42.5 Å². The Kier molecular flexibility index (Phi) is 4.96. The van der Waals surface area contributed by atoms with Crippen molar-refractivity contribution in [3.63, 3.8) is 0 Å². The monoisotopic (exact) mass is 429 g/mol. The highest BCUT2D eigenvalue weighted by Crippen LogP contribution is 2.32. The molecule has 0 bridgehead atoms. The molecule has 0 saturated heterocycles. The summed E-state index contributed by atoms with van der Waals surface area (Å²) in [5, 5.41) is 6.13. The average Bonchev–Trinajstić information content (AvgIpc) is 3.41. The van der Waals surface area contributed by atoms with Crippen LogP contribution in [0, 0.1) is 0 Å². The minimum absolute atomic E-state index is 0.272. The smallest absolute Gasteiger partial charge is 0.261 e. The highest BCUT2D eigenvalue weighted by atomic mass is 32.1. The summed E-state index contributed by atoms with van der Waals surface area (Å²) in [6, 6.07) is 24.5. The van der Waals surface area contributed by atoms with Crippen molar-refractivity contribution in [2.75, 3.05) is 5.32 Å². The Balaban J connectivity index is 1.36. The molecule has 30 heavy (non-hydrogen) atoms. The third-order valence-corrected chi connectivity index (χ3v) is 6.16. The van der Waals surface area contributed by atoms with Crippen LogP contribution >= 0.6 is 22.7 Å². The van der Waals surface area contributed by atoms with Gasteiger partial charge in [-0.25, -0.2) is 9.97 Å². The molecule has 0 radical (unpaired) electrons. The second-order valence-electron chi connectivity index (χ2n) is 6.39. The quantitative estimate of drug-likeness (QED) is 0.348. The summed E-state index contributed by atoms with van der Waals surface area (Å²) in [4.78, 5) is 22.0. The lowest BCUT2D eigenvalue weighted by atomic mass is 10.2. The van der Waals surface area contributed by atoms with Gasteiger partial charge in [0.25, 0.3) is 5.91 Å². The molecule has 1 N–H and O–H groups in total. The molecule has 0 fully saturated rings. The van der Waals surface area contributed by atoms with Crippen LogP contribution in [0.2, 0.25) is 0 Å². The number of nitrogens with zero attached hydrogens (tertiary/aromatic N) is 2. The molecule has 5 rings (SSSR count). The van der Waals surface area contributed by atoms with E-state index in [1.54, 1.807) is 29.5 Å². The molecule has 146 valence electrons. The maximum atomic E-state index is 12.9. The predicted molar refractivity (Wildman–Crippen MR) is 122 cm³/mol. The predicted octanol–water partition coefficient (Wildman–Crippen LogP) is 6.46.